The Labute approximate surface area is 171 Å². The van der Waals surface area contributed by atoms with E-state index in [1.807, 2.05) is 0 Å². The molecule has 0 unspecified atom stereocenters. The lowest BCUT2D eigenvalue weighted by Gasteiger charge is -2.07. The van der Waals surface area contributed by atoms with E-state index in [0.717, 1.165) is 22.7 Å². The lowest BCUT2D eigenvalue weighted by Crippen LogP contribution is -2.22. The summed E-state index contributed by atoms with van der Waals surface area (Å²) in [7, 11) is 0. The molecule has 0 radical (unpaired) electrons. The fourth-order valence-electron chi connectivity index (χ4n) is 2.69. The number of aromatic nitrogens is 1. The van der Waals surface area contributed by atoms with E-state index in [-0.39, 0.29) is 16.8 Å². The van der Waals surface area contributed by atoms with E-state index in [2.05, 4.69) is 31.2 Å². The quantitative estimate of drug-likeness (QED) is 0.452. The minimum Gasteiger partial charge on any atom is -0.438 e. The number of halogens is 3. The van der Waals surface area contributed by atoms with Crippen molar-refractivity contribution in [2.75, 3.05) is 5.32 Å². The Morgan fingerprint density at radius 2 is 1.83 bits per heavy atom. The van der Waals surface area contributed by atoms with Crippen LogP contribution in [-0.4, -0.2) is 10.9 Å². The largest absolute Gasteiger partial charge is 0.438 e. The van der Waals surface area contributed by atoms with Gasteiger partial charge in [0.1, 0.15) is 28.6 Å². The fraction of sp³-hybridized carbons (Fsp3) is 0. The molecule has 0 saturated heterocycles. The highest BCUT2D eigenvalue weighted by atomic mass is 79.9. The van der Waals surface area contributed by atoms with Crippen molar-refractivity contribution in [1.29, 1.82) is 0 Å². The van der Waals surface area contributed by atoms with Gasteiger partial charge in [-0.3, -0.25) is 4.79 Å². The van der Waals surface area contributed by atoms with Crippen LogP contribution < -0.4 is 10.9 Å². The van der Waals surface area contributed by atoms with Crippen molar-refractivity contribution < 1.29 is 18.0 Å². The maximum atomic E-state index is 13.6. The maximum Gasteiger partial charge on any atom is 0.262 e. The van der Waals surface area contributed by atoms with Gasteiger partial charge in [0.05, 0.1) is 5.69 Å². The Kier molecular flexibility index (Phi) is 5.18. The second-order valence-corrected chi connectivity index (χ2v) is 6.97. The monoisotopic (exact) mass is 455 g/mol. The smallest absolute Gasteiger partial charge is 0.262 e. The summed E-state index contributed by atoms with van der Waals surface area (Å²) in [4.78, 5) is 21.1. The van der Waals surface area contributed by atoms with E-state index in [4.69, 9.17) is 4.42 Å². The number of benzene rings is 2. The zero-order valence-electron chi connectivity index (χ0n) is 14.7. The van der Waals surface area contributed by atoms with Crippen molar-refractivity contribution in [2.24, 2.45) is 4.99 Å². The molecule has 0 spiro atoms. The Hall–Kier alpha value is -3.39. The number of nitrogens with zero attached hydrogens (tertiary/aromatic N) is 2. The molecule has 1 amide bonds. The van der Waals surface area contributed by atoms with Gasteiger partial charge in [0, 0.05) is 22.1 Å². The number of pyridine rings is 1. The molecule has 2 aromatic carbocycles. The molecule has 4 aromatic rings. The van der Waals surface area contributed by atoms with Crippen molar-refractivity contribution in [2.45, 2.75) is 0 Å². The van der Waals surface area contributed by atoms with Gasteiger partial charge in [-0.25, -0.2) is 18.8 Å². The van der Waals surface area contributed by atoms with Gasteiger partial charge in [-0.05, 0) is 48.5 Å². The van der Waals surface area contributed by atoms with Crippen LogP contribution in [0.3, 0.4) is 0 Å². The molecule has 0 fully saturated rings. The number of nitrogens with one attached hydrogen (secondary N) is 1. The van der Waals surface area contributed by atoms with E-state index in [9.17, 15) is 13.6 Å². The van der Waals surface area contributed by atoms with Gasteiger partial charge in [-0.15, -0.1) is 0 Å². The molecular formula is C21H12BrF2N3O2. The van der Waals surface area contributed by atoms with Crippen LogP contribution in [0.4, 0.5) is 20.3 Å². The molecule has 0 aliphatic heterocycles. The van der Waals surface area contributed by atoms with Crippen LogP contribution in [0.1, 0.15) is 10.4 Å². The van der Waals surface area contributed by atoms with E-state index in [1.165, 1.54) is 6.20 Å². The second kappa shape index (κ2) is 7.92. The summed E-state index contributed by atoms with van der Waals surface area (Å²) in [6, 6.07) is 14.8. The Bertz CT molecular complexity index is 1270. The molecule has 0 bridgehead atoms. The van der Waals surface area contributed by atoms with Gasteiger partial charge in [-0.1, -0.05) is 22.0 Å². The number of fused-ring (bicyclic) bond motifs is 1. The third-order valence-corrected chi connectivity index (χ3v) is 4.43. The van der Waals surface area contributed by atoms with Gasteiger partial charge < -0.3 is 9.73 Å². The molecule has 4 rings (SSSR count). The number of rotatable bonds is 3. The first-order chi connectivity index (χ1) is 14.0. The Balaban J connectivity index is 1.89. The van der Waals surface area contributed by atoms with Crippen LogP contribution in [-0.2, 0) is 0 Å². The third-order valence-electron chi connectivity index (χ3n) is 3.94. The number of carbonyl (C=O) groups excluding carboxylic acids is 1. The summed E-state index contributed by atoms with van der Waals surface area (Å²) in [5, 5.41) is 3.30. The van der Waals surface area contributed by atoms with Crippen molar-refractivity contribution in [3.63, 3.8) is 0 Å². The molecule has 0 saturated carbocycles. The van der Waals surface area contributed by atoms with E-state index in [0.29, 0.717) is 16.8 Å². The first kappa shape index (κ1) is 18.9. The number of amides is 1. The molecule has 29 heavy (non-hydrogen) atoms. The standard InChI is InChI=1S/C21H12BrF2N3O2/c22-13-4-5-18-12(7-13)8-17(20(28)27-19-3-1-2-6-25-19)21(29-18)26-16-10-14(23)9-15(24)11-16/h1-11H,(H,25,27,28). The Morgan fingerprint density at radius 3 is 2.55 bits per heavy atom. The maximum absolute atomic E-state index is 13.6. The molecule has 0 atom stereocenters. The van der Waals surface area contributed by atoms with Gasteiger partial charge in [0.25, 0.3) is 5.91 Å². The average molecular weight is 456 g/mol. The molecule has 1 N–H and O–H groups in total. The molecule has 144 valence electrons. The summed E-state index contributed by atoms with van der Waals surface area (Å²) >= 11 is 3.38. The van der Waals surface area contributed by atoms with Gasteiger partial charge >= 0.3 is 0 Å². The Morgan fingerprint density at radius 1 is 1.03 bits per heavy atom. The van der Waals surface area contributed by atoms with Crippen molar-refractivity contribution in [1.82, 2.24) is 4.98 Å². The van der Waals surface area contributed by atoms with Crippen molar-refractivity contribution >= 4 is 44.3 Å². The lowest BCUT2D eigenvalue weighted by molar-refractivity contribution is 0.102. The number of hydrogen-bond donors (Lipinski definition) is 1. The first-order valence-corrected chi connectivity index (χ1v) is 9.24. The molecule has 0 aliphatic carbocycles. The minimum absolute atomic E-state index is 0.0189. The van der Waals surface area contributed by atoms with Crippen LogP contribution in [0.5, 0.6) is 0 Å². The third kappa shape index (κ3) is 4.38. The highest BCUT2D eigenvalue weighted by molar-refractivity contribution is 9.10. The fourth-order valence-corrected chi connectivity index (χ4v) is 3.07. The van der Waals surface area contributed by atoms with E-state index in [1.54, 1.807) is 42.5 Å². The molecule has 5 nitrogen and oxygen atoms in total. The highest BCUT2D eigenvalue weighted by Gasteiger charge is 2.14. The normalized spacial score (nSPS) is 11.6. The number of hydrogen-bond acceptors (Lipinski definition) is 4. The molecule has 2 heterocycles. The summed E-state index contributed by atoms with van der Waals surface area (Å²) < 4.78 is 33.7. The molecular weight excluding hydrogens is 444 g/mol. The van der Waals surface area contributed by atoms with Crippen LogP contribution in [0.15, 0.2) is 80.7 Å². The zero-order valence-corrected chi connectivity index (χ0v) is 16.3. The van der Waals surface area contributed by atoms with Crippen molar-refractivity contribution in [3.8, 4) is 0 Å². The predicted molar refractivity (Wildman–Crippen MR) is 108 cm³/mol. The molecule has 2 aromatic heterocycles. The highest BCUT2D eigenvalue weighted by Crippen LogP contribution is 2.21. The van der Waals surface area contributed by atoms with E-state index < -0.39 is 17.5 Å². The van der Waals surface area contributed by atoms with Gasteiger partial charge in [0.2, 0.25) is 5.55 Å². The van der Waals surface area contributed by atoms with Crippen LogP contribution in [0.25, 0.3) is 11.0 Å². The summed E-state index contributed by atoms with van der Waals surface area (Å²) in [5.74, 6) is -1.75. The summed E-state index contributed by atoms with van der Waals surface area (Å²) in [5.41, 5.74) is 0.442. The summed E-state index contributed by atoms with van der Waals surface area (Å²) in [6.45, 7) is 0. The lowest BCUT2D eigenvalue weighted by atomic mass is 10.1. The van der Waals surface area contributed by atoms with Crippen LogP contribution in [0.2, 0.25) is 0 Å². The SMILES string of the molecule is O=C(Nc1ccccn1)c1cc2cc(Br)ccc2oc1=Nc1cc(F)cc(F)c1. The predicted octanol–water partition coefficient (Wildman–Crippen LogP) is 5.35. The molecule has 0 aliphatic rings. The first-order valence-electron chi connectivity index (χ1n) is 8.44. The minimum atomic E-state index is -0.784. The average Bonchev–Trinajstić information content (AvgIpc) is 2.67. The van der Waals surface area contributed by atoms with Crippen molar-refractivity contribution in [3.05, 3.63) is 94.1 Å². The molecule has 8 heteroatoms. The van der Waals surface area contributed by atoms with Gasteiger partial charge in [-0.2, -0.15) is 0 Å². The summed E-state index contributed by atoms with van der Waals surface area (Å²) in [6.07, 6.45) is 1.54. The topological polar surface area (TPSA) is 67.5 Å². The van der Waals surface area contributed by atoms with Crippen LogP contribution >= 0.6 is 15.9 Å². The second-order valence-electron chi connectivity index (χ2n) is 6.06. The number of carbonyl (C=O) groups is 1. The number of anilines is 1. The zero-order chi connectivity index (χ0) is 20.4. The van der Waals surface area contributed by atoms with Gasteiger partial charge in [0.15, 0.2) is 0 Å². The van der Waals surface area contributed by atoms with E-state index >= 15 is 0 Å². The van der Waals surface area contributed by atoms with Crippen LogP contribution in [0, 0.1) is 11.6 Å².